The Morgan fingerprint density at radius 3 is 2.60 bits per heavy atom. The summed E-state index contributed by atoms with van der Waals surface area (Å²) in [5, 5.41) is 9.52. The molecule has 1 aliphatic carbocycles. The number of nitrogens with zero attached hydrogens (tertiary/aromatic N) is 2. The van der Waals surface area contributed by atoms with Gasteiger partial charge in [-0.25, -0.2) is 0 Å². The molecule has 1 atom stereocenters. The molecule has 0 radical (unpaired) electrons. The van der Waals surface area contributed by atoms with Crippen LogP contribution in [0.2, 0.25) is 0 Å². The SMILES string of the molecule is COc1ccc(CN2CCN(C3CCCC3)[C@@H](CCO)C2)c(OC)c1. The molecule has 1 saturated heterocycles. The first-order valence-electron chi connectivity index (χ1n) is 9.55. The number of aliphatic hydroxyl groups is 1. The van der Waals surface area contributed by atoms with Gasteiger partial charge in [-0.1, -0.05) is 18.9 Å². The van der Waals surface area contributed by atoms with Crippen LogP contribution in [0, 0.1) is 0 Å². The Kier molecular flexibility index (Phi) is 6.57. The fourth-order valence-electron chi connectivity index (χ4n) is 4.42. The van der Waals surface area contributed by atoms with Crippen LogP contribution in [-0.2, 0) is 6.54 Å². The van der Waals surface area contributed by atoms with E-state index in [2.05, 4.69) is 15.9 Å². The van der Waals surface area contributed by atoms with E-state index in [4.69, 9.17) is 9.47 Å². The quantitative estimate of drug-likeness (QED) is 0.820. The molecule has 1 heterocycles. The van der Waals surface area contributed by atoms with E-state index >= 15 is 0 Å². The number of aliphatic hydroxyl groups excluding tert-OH is 1. The van der Waals surface area contributed by atoms with E-state index in [1.54, 1.807) is 14.2 Å². The molecule has 140 valence electrons. The van der Waals surface area contributed by atoms with Gasteiger partial charge in [-0.3, -0.25) is 9.80 Å². The van der Waals surface area contributed by atoms with Gasteiger partial charge < -0.3 is 14.6 Å². The molecule has 1 aromatic rings. The van der Waals surface area contributed by atoms with E-state index in [0.29, 0.717) is 6.04 Å². The van der Waals surface area contributed by atoms with Crippen LogP contribution in [0.1, 0.15) is 37.7 Å². The fraction of sp³-hybridized carbons (Fsp3) is 0.700. The minimum absolute atomic E-state index is 0.271. The number of benzene rings is 1. The maximum atomic E-state index is 9.52. The van der Waals surface area contributed by atoms with Crippen LogP contribution >= 0.6 is 0 Å². The van der Waals surface area contributed by atoms with Crippen molar-refractivity contribution in [2.45, 2.75) is 50.7 Å². The van der Waals surface area contributed by atoms with Crippen molar-refractivity contribution in [1.29, 1.82) is 0 Å². The van der Waals surface area contributed by atoms with Gasteiger partial charge in [0, 0.05) is 56.5 Å². The third-order valence-corrected chi connectivity index (χ3v) is 5.76. The lowest BCUT2D eigenvalue weighted by Gasteiger charge is -2.44. The van der Waals surface area contributed by atoms with Crippen LogP contribution in [0.4, 0.5) is 0 Å². The van der Waals surface area contributed by atoms with E-state index in [1.165, 1.54) is 31.2 Å². The predicted molar refractivity (Wildman–Crippen MR) is 99.3 cm³/mol. The molecule has 0 bridgehead atoms. The van der Waals surface area contributed by atoms with E-state index in [-0.39, 0.29) is 6.61 Å². The molecule has 2 aliphatic rings. The minimum Gasteiger partial charge on any atom is -0.497 e. The van der Waals surface area contributed by atoms with Gasteiger partial charge in [0.2, 0.25) is 0 Å². The van der Waals surface area contributed by atoms with E-state index in [9.17, 15) is 5.11 Å². The van der Waals surface area contributed by atoms with E-state index in [1.807, 2.05) is 12.1 Å². The highest BCUT2D eigenvalue weighted by Gasteiger charge is 2.33. The zero-order chi connectivity index (χ0) is 17.6. The summed E-state index contributed by atoms with van der Waals surface area (Å²) in [7, 11) is 3.39. The first-order valence-corrected chi connectivity index (χ1v) is 9.55. The summed E-state index contributed by atoms with van der Waals surface area (Å²) in [6, 6.07) is 7.25. The average Bonchev–Trinajstić information content (AvgIpc) is 3.17. The lowest BCUT2D eigenvalue weighted by atomic mass is 10.0. The van der Waals surface area contributed by atoms with Gasteiger partial charge >= 0.3 is 0 Å². The lowest BCUT2D eigenvalue weighted by Crippen LogP contribution is -2.56. The molecule has 1 N–H and O–H groups in total. The van der Waals surface area contributed by atoms with E-state index in [0.717, 1.165) is 50.1 Å². The molecule has 1 saturated carbocycles. The first-order chi connectivity index (χ1) is 12.2. The minimum atomic E-state index is 0.271. The van der Waals surface area contributed by atoms with Gasteiger partial charge in [-0.2, -0.15) is 0 Å². The molecule has 0 aromatic heterocycles. The van der Waals surface area contributed by atoms with Crippen LogP contribution in [-0.4, -0.2) is 67.5 Å². The van der Waals surface area contributed by atoms with Crippen molar-refractivity contribution in [1.82, 2.24) is 9.80 Å². The zero-order valence-electron chi connectivity index (χ0n) is 15.6. The van der Waals surface area contributed by atoms with Crippen molar-refractivity contribution in [3.63, 3.8) is 0 Å². The van der Waals surface area contributed by atoms with Crippen molar-refractivity contribution < 1.29 is 14.6 Å². The Balaban J connectivity index is 1.66. The van der Waals surface area contributed by atoms with E-state index < -0.39 is 0 Å². The van der Waals surface area contributed by atoms with Crippen molar-refractivity contribution in [2.24, 2.45) is 0 Å². The molecule has 25 heavy (non-hydrogen) atoms. The summed E-state index contributed by atoms with van der Waals surface area (Å²) in [6.07, 6.45) is 6.24. The van der Waals surface area contributed by atoms with Gasteiger partial charge in [0.05, 0.1) is 14.2 Å². The molecule has 2 fully saturated rings. The first kappa shape index (κ1) is 18.5. The van der Waals surface area contributed by atoms with Crippen molar-refractivity contribution >= 4 is 0 Å². The molecule has 1 aromatic carbocycles. The van der Waals surface area contributed by atoms with Gasteiger partial charge in [-0.05, 0) is 25.3 Å². The molecule has 0 spiro atoms. The van der Waals surface area contributed by atoms with Gasteiger partial charge in [-0.15, -0.1) is 0 Å². The maximum Gasteiger partial charge on any atom is 0.127 e. The molecule has 3 rings (SSSR count). The molecule has 0 amide bonds. The molecular formula is C20H32N2O3. The average molecular weight is 348 g/mol. The number of ether oxygens (including phenoxy) is 2. The Morgan fingerprint density at radius 1 is 1.12 bits per heavy atom. The van der Waals surface area contributed by atoms with Crippen LogP contribution in [0.25, 0.3) is 0 Å². The van der Waals surface area contributed by atoms with Crippen LogP contribution in [0.15, 0.2) is 18.2 Å². The second-order valence-electron chi connectivity index (χ2n) is 7.26. The fourth-order valence-corrected chi connectivity index (χ4v) is 4.42. The standard InChI is InChI=1S/C20H32N2O3/c1-24-19-8-7-16(20(13-19)25-2)14-21-10-11-22(17-5-3-4-6-17)18(15-21)9-12-23/h7-8,13,17-18,23H,3-6,9-12,14-15H2,1-2H3/t18-/m0/s1. The second-order valence-corrected chi connectivity index (χ2v) is 7.26. The number of rotatable bonds is 7. The summed E-state index contributed by atoms with van der Waals surface area (Å²) in [5.74, 6) is 1.71. The Labute approximate surface area is 151 Å². The summed E-state index contributed by atoms with van der Waals surface area (Å²) >= 11 is 0. The normalized spacial score (nSPS) is 23.1. The highest BCUT2D eigenvalue weighted by molar-refractivity contribution is 5.40. The molecule has 0 unspecified atom stereocenters. The maximum absolute atomic E-state index is 9.52. The Morgan fingerprint density at radius 2 is 1.92 bits per heavy atom. The van der Waals surface area contributed by atoms with Crippen LogP contribution in [0.5, 0.6) is 11.5 Å². The zero-order valence-corrected chi connectivity index (χ0v) is 15.6. The summed E-state index contributed by atoms with van der Waals surface area (Å²) in [6.45, 7) is 4.36. The topological polar surface area (TPSA) is 45.2 Å². The monoisotopic (exact) mass is 348 g/mol. The Hall–Kier alpha value is -1.30. The number of hydrogen-bond acceptors (Lipinski definition) is 5. The second kappa shape index (κ2) is 8.88. The van der Waals surface area contributed by atoms with Crippen LogP contribution in [0.3, 0.4) is 0 Å². The third-order valence-electron chi connectivity index (χ3n) is 5.76. The van der Waals surface area contributed by atoms with Gasteiger partial charge in [0.25, 0.3) is 0 Å². The molecular weight excluding hydrogens is 316 g/mol. The number of hydrogen-bond donors (Lipinski definition) is 1. The number of piperazine rings is 1. The van der Waals surface area contributed by atoms with Gasteiger partial charge in [0.1, 0.15) is 11.5 Å². The van der Waals surface area contributed by atoms with Gasteiger partial charge in [0.15, 0.2) is 0 Å². The predicted octanol–water partition coefficient (Wildman–Crippen LogP) is 2.52. The lowest BCUT2D eigenvalue weighted by molar-refractivity contribution is 0.0265. The summed E-state index contributed by atoms with van der Waals surface area (Å²) in [5.41, 5.74) is 1.19. The largest absolute Gasteiger partial charge is 0.497 e. The smallest absolute Gasteiger partial charge is 0.127 e. The van der Waals surface area contributed by atoms with Crippen LogP contribution < -0.4 is 9.47 Å². The molecule has 1 aliphatic heterocycles. The third kappa shape index (κ3) is 4.46. The Bertz CT molecular complexity index is 546. The summed E-state index contributed by atoms with van der Waals surface area (Å²) in [4.78, 5) is 5.17. The highest BCUT2D eigenvalue weighted by atomic mass is 16.5. The number of methoxy groups -OCH3 is 2. The summed E-state index contributed by atoms with van der Waals surface area (Å²) < 4.78 is 10.8. The molecule has 5 nitrogen and oxygen atoms in total. The molecule has 5 heteroatoms. The van der Waals surface area contributed by atoms with Crippen molar-refractivity contribution in [2.75, 3.05) is 40.5 Å². The van der Waals surface area contributed by atoms with Crippen molar-refractivity contribution in [3.8, 4) is 11.5 Å². The highest BCUT2D eigenvalue weighted by Crippen LogP contribution is 2.30. The van der Waals surface area contributed by atoms with Crippen molar-refractivity contribution in [3.05, 3.63) is 23.8 Å².